The first-order chi connectivity index (χ1) is 14.0. The lowest BCUT2D eigenvalue weighted by atomic mass is 9.92. The molecule has 2 aliphatic heterocycles. The number of piperidine rings is 1. The average molecular weight is 452 g/mol. The van der Waals surface area contributed by atoms with Gasteiger partial charge in [-0.05, 0) is 56.6 Å². The molecule has 2 aromatic rings. The zero-order chi connectivity index (χ0) is 20.4. The van der Waals surface area contributed by atoms with Gasteiger partial charge in [-0.1, -0.05) is 30.3 Å². The van der Waals surface area contributed by atoms with Crippen LogP contribution in [0, 0.1) is 0 Å². The Bertz CT molecular complexity index is 969. The Morgan fingerprint density at radius 3 is 2.70 bits per heavy atom. The monoisotopic (exact) mass is 451 g/mol. The van der Waals surface area contributed by atoms with E-state index in [-0.39, 0.29) is 30.6 Å². The molecule has 1 saturated heterocycles. The van der Waals surface area contributed by atoms with Crippen LogP contribution in [0.4, 0.5) is 0 Å². The van der Waals surface area contributed by atoms with Gasteiger partial charge in [-0.2, -0.15) is 0 Å². The zero-order valence-electron chi connectivity index (χ0n) is 17.4. The van der Waals surface area contributed by atoms with Crippen molar-refractivity contribution in [2.24, 2.45) is 0 Å². The molecule has 8 heteroatoms. The predicted octanol–water partition coefficient (Wildman–Crippen LogP) is 2.92. The minimum absolute atomic E-state index is 0. The summed E-state index contributed by atoms with van der Waals surface area (Å²) in [6.45, 7) is 3.58. The van der Waals surface area contributed by atoms with Crippen LogP contribution < -0.4 is 20.1 Å². The summed E-state index contributed by atoms with van der Waals surface area (Å²) in [7, 11) is -2.06. The molecule has 3 atom stereocenters. The highest BCUT2D eigenvalue weighted by atomic mass is 35.5. The molecule has 2 heterocycles. The molecule has 30 heavy (non-hydrogen) atoms. The molecule has 0 saturated carbocycles. The fraction of sp³-hybridized carbons (Fsp3) is 0.455. The molecule has 0 amide bonds. The Balaban J connectivity index is 0.00000256. The summed E-state index contributed by atoms with van der Waals surface area (Å²) in [6, 6.07) is 14.5. The van der Waals surface area contributed by atoms with Gasteiger partial charge >= 0.3 is 0 Å². The maximum atomic E-state index is 12.4. The largest absolute Gasteiger partial charge is 0.490 e. The van der Waals surface area contributed by atoms with E-state index < -0.39 is 10.0 Å². The predicted molar refractivity (Wildman–Crippen MR) is 121 cm³/mol. The molecule has 2 aromatic carbocycles. The number of hydrogen-bond donors (Lipinski definition) is 3. The first kappa shape index (κ1) is 23.0. The molecule has 164 valence electrons. The summed E-state index contributed by atoms with van der Waals surface area (Å²) < 4.78 is 33.2. The molecule has 6 nitrogen and oxygen atoms in total. The first-order valence-corrected chi connectivity index (χ1v) is 11.7. The lowest BCUT2D eigenvalue weighted by Crippen LogP contribution is -2.45. The zero-order valence-corrected chi connectivity index (χ0v) is 19.0. The van der Waals surface area contributed by atoms with E-state index in [2.05, 4.69) is 39.6 Å². The van der Waals surface area contributed by atoms with E-state index in [9.17, 15) is 8.42 Å². The highest BCUT2D eigenvalue weighted by Gasteiger charge is 2.29. The van der Waals surface area contributed by atoms with Crippen molar-refractivity contribution in [2.45, 2.75) is 55.8 Å². The molecule has 1 fully saturated rings. The summed E-state index contributed by atoms with van der Waals surface area (Å²) in [5.41, 5.74) is 3.14. The third-order valence-electron chi connectivity index (χ3n) is 5.79. The number of benzene rings is 2. The molecule has 3 N–H and O–H groups in total. The smallest absolute Gasteiger partial charge is 0.240 e. The number of nitrogens with one attached hydrogen (secondary N) is 3. The molecule has 4 rings (SSSR count). The number of rotatable bonds is 6. The fourth-order valence-electron chi connectivity index (χ4n) is 4.34. The van der Waals surface area contributed by atoms with Gasteiger partial charge in [0.05, 0.1) is 4.90 Å². The van der Waals surface area contributed by atoms with Crippen molar-refractivity contribution in [1.29, 1.82) is 0 Å². The normalized spacial score (nSPS) is 23.3. The fourth-order valence-corrected chi connectivity index (χ4v) is 5.17. The van der Waals surface area contributed by atoms with Gasteiger partial charge in [-0.15, -0.1) is 12.4 Å². The van der Waals surface area contributed by atoms with Crippen LogP contribution in [0.15, 0.2) is 47.4 Å². The highest BCUT2D eigenvalue weighted by molar-refractivity contribution is 7.89. The second-order valence-corrected chi connectivity index (χ2v) is 9.77. The van der Waals surface area contributed by atoms with Crippen molar-refractivity contribution >= 4 is 22.4 Å². The van der Waals surface area contributed by atoms with E-state index in [4.69, 9.17) is 4.74 Å². The average Bonchev–Trinajstić information content (AvgIpc) is 3.13. The van der Waals surface area contributed by atoms with Crippen molar-refractivity contribution in [3.8, 4) is 5.75 Å². The first-order valence-electron chi connectivity index (χ1n) is 10.3. The molecular formula is C22H30ClN3O3S. The summed E-state index contributed by atoms with van der Waals surface area (Å²) in [4.78, 5) is 0.301. The summed E-state index contributed by atoms with van der Waals surface area (Å²) in [6.07, 6.45) is 2.97. The minimum Gasteiger partial charge on any atom is -0.490 e. The Morgan fingerprint density at radius 2 is 1.97 bits per heavy atom. The molecular weight excluding hydrogens is 422 g/mol. The lowest BCUT2D eigenvalue weighted by Gasteiger charge is -2.34. The second-order valence-electron chi connectivity index (χ2n) is 7.88. The lowest BCUT2D eigenvalue weighted by molar-refractivity contribution is 0.250. The van der Waals surface area contributed by atoms with Crippen molar-refractivity contribution in [1.82, 2.24) is 15.4 Å². The van der Waals surface area contributed by atoms with Gasteiger partial charge in [-0.3, -0.25) is 0 Å². The van der Waals surface area contributed by atoms with E-state index in [1.807, 2.05) is 13.0 Å². The van der Waals surface area contributed by atoms with Crippen LogP contribution in [0.5, 0.6) is 5.75 Å². The van der Waals surface area contributed by atoms with Crippen molar-refractivity contribution in [3.63, 3.8) is 0 Å². The number of ether oxygens (including phenoxy) is 1. The van der Waals surface area contributed by atoms with Gasteiger partial charge in [0.15, 0.2) is 0 Å². The van der Waals surface area contributed by atoms with E-state index in [0.717, 1.165) is 42.7 Å². The summed E-state index contributed by atoms with van der Waals surface area (Å²) in [5.74, 6) is 0.833. The third-order valence-corrected chi connectivity index (χ3v) is 7.19. The molecule has 0 spiro atoms. The maximum Gasteiger partial charge on any atom is 0.240 e. The van der Waals surface area contributed by atoms with Crippen LogP contribution in [0.3, 0.4) is 0 Å². The number of sulfonamides is 1. The van der Waals surface area contributed by atoms with Crippen LogP contribution >= 0.6 is 12.4 Å². The van der Waals surface area contributed by atoms with Crippen molar-refractivity contribution in [2.75, 3.05) is 13.6 Å². The molecule has 0 aromatic heterocycles. The Kier molecular flexibility index (Phi) is 7.42. The molecule has 0 aliphatic carbocycles. The van der Waals surface area contributed by atoms with Gasteiger partial charge in [-0.25, -0.2) is 13.1 Å². The van der Waals surface area contributed by atoms with E-state index in [1.54, 1.807) is 12.1 Å². The van der Waals surface area contributed by atoms with Crippen LogP contribution in [-0.4, -0.2) is 34.2 Å². The van der Waals surface area contributed by atoms with Crippen LogP contribution in [0.25, 0.3) is 0 Å². The Labute approximate surface area is 185 Å². The van der Waals surface area contributed by atoms with Gasteiger partial charge in [0.1, 0.15) is 11.9 Å². The van der Waals surface area contributed by atoms with E-state index in [1.165, 1.54) is 12.6 Å². The summed E-state index contributed by atoms with van der Waals surface area (Å²) >= 11 is 0. The van der Waals surface area contributed by atoms with Gasteiger partial charge in [0.2, 0.25) is 10.0 Å². The third kappa shape index (κ3) is 4.81. The maximum absolute atomic E-state index is 12.4. The van der Waals surface area contributed by atoms with Crippen molar-refractivity contribution in [3.05, 3.63) is 59.2 Å². The Morgan fingerprint density at radius 1 is 1.20 bits per heavy atom. The second kappa shape index (κ2) is 9.66. The van der Waals surface area contributed by atoms with Gasteiger partial charge in [0, 0.05) is 30.6 Å². The van der Waals surface area contributed by atoms with Crippen molar-refractivity contribution < 1.29 is 13.2 Å². The number of hydrogen-bond acceptors (Lipinski definition) is 5. The van der Waals surface area contributed by atoms with Crippen LogP contribution in [-0.2, 0) is 23.0 Å². The van der Waals surface area contributed by atoms with Crippen LogP contribution in [0.1, 0.15) is 42.5 Å². The Hall–Kier alpha value is -1.64. The van der Waals surface area contributed by atoms with Gasteiger partial charge < -0.3 is 15.4 Å². The number of halogens is 1. The highest BCUT2D eigenvalue weighted by Crippen LogP contribution is 2.35. The van der Waals surface area contributed by atoms with E-state index >= 15 is 0 Å². The number of fused-ring (bicyclic) bond motifs is 1. The van der Waals surface area contributed by atoms with E-state index in [0.29, 0.717) is 11.4 Å². The molecule has 0 bridgehead atoms. The van der Waals surface area contributed by atoms with Gasteiger partial charge in [0.25, 0.3) is 0 Å². The molecule has 0 radical (unpaired) electrons. The minimum atomic E-state index is -3.50. The molecule has 1 unspecified atom stereocenters. The standard InChI is InChI=1S/C22H29N3O3S.ClH/c1-15-11-17-12-19(29(26,27)23-2)13-18(22(17)28-15)14-25-20-9-6-10-24-21(20)16-7-4-3-5-8-16;/h3-5,7-8,12-13,15,20-21,23-25H,6,9-11,14H2,1-2H3;1H/t15?,20-,21-;/m0./s1. The topological polar surface area (TPSA) is 79.5 Å². The quantitative estimate of drug-likeness (QED) is 0.629. The van der Waals surface area contributed by atoms with Crippen LogP contribution in [0.2, 0.25) is 0 Å². The SMILES string of the molecule is CNS(=O)(=O)c1cc(CN[C@H]2CCCN[C@H]2c2ccccc2)c2c(c1)CC(C)O2.Cl. The summed E-state index contributed by atoms with van der Waals surface area (Å²) in [5, 5.41) is 7.30. The molecule has 2 aliphatic rings.